The number of carbonyl (C=O) groups is 1. The predicted octanol–water partition coefficient (Wildman–Crippen LogP) is 5.64. The van der Waals surface area contributed by atoms with Crippen LogP contribution in [-0.2, 0) is 16.4 Å². The lowest BCUT2D eigenvalue weighted by Gasteiger charge is -2.19. The van der Waals surface area contributed by atoms with Gasteiger partial charge in [-0.3, -0.25) is 4.79 Å². The van der Waals surface area contributed by atoms with Gasteiger partial charge in [-0.1, -0.05) is 25.5 Å². The van der Waals surface area contributed by atoms with Gasteiger partial charge in [-0.05, 0) is 49.7 Å². The molecule has 6 nitrogen and oxygen atoms in total. The third kappa shape index (κ3) is 4.29. The standard InChI is InChI=1S/C21H20F3N3O3/c1-3-12-20(2,19(28)29)18-27-26-17(30-18)15-6-4-5-7-16(15)25-14-10-8-13(9-11-14)21(22,23)24/h4-11,25H,3,12H2,1-2H3,(H,28,29). The maximum Gasteiger partial charge on any atom is 0.416 e. The lowest BCUT2D eigenvalue weighted by molar-refractivity contribution is -0.144. The summed E-state index contributed by atoms with van der Waals surface area (Å²) in [7, 11) is 0. The van der Waals surface area contributed by atoms with Gasteiger partial charge in [0.2, 0.25) is 11.8 Å². The van der Waals surface area contributed by atoms with E-state index in [2.05, 4.69) is 15.5 Å². The Morgan fingerprint density at radius 2 is 1.77 bits per heavy atom. The largest absolute Gasteiger partial charge is 0.480 e. The maximum atomic E-state index is 12.8. The molecule has 9 heteroatoms. The van der Waals surface area contributed by atoms with Crippen LogP contribution in [0.2, 0.25) is 0 Å². The number of carboxylic acids is 1. The number of rotatable bonds is 7. The van der Waals surface area contributed by atoms with E-state index in [9.17, 15) is 23.1 Å². The molecule has 0 aliphatic heterocycles. The molecule has 0 aliphatic rings. The number of para-hydroxylation sites is 1. The highest BCUT2D eigenvalue weighted by molar-refractivity contribution is 5.80. The fourth-order valence-electron chi connectivity index (χ4n) is 3.04. The first kappa shape index (κ1) is 21.4. The molecule has 0 radical (unpaired) electrons. The molecule has 0 amide bonds. The van der Waals surface area contributed by atoms with Crippen LogP contribution in [-0.4, -0.2) is 21.3 Å². The molecule has 0 fully saturated rings. The smallest absolute Gasteiger partial charge is 0.416 e. The summed E-state index contributed by atoms with van der Waals surface area (Å²) in [6.07, 6.45) is -3.46. The Bertz CT molecular complexity index is 1030. The van der Waals surface area contributed by atoms with E-state index in [4.69, 9.17) is 4.42 Å². The summed E-state index contributed by atoms with van der Waals surface area (Å²) in [6.45, 7) is 3.39. The van der Waals surface area contributed by atoms with Crippen LogP contribution in [0, 0.1) is 0 Å². The molecule has 0 aliphatic carbocycles. The first-order valence-corrected chi connectivity index (χ1v) is 9.26. The van der Waals surface area contributed by atoms with Crippen LogP contribution in [0.15, 0.2) is 52.9 Å². The van der Waals surface area contributed by atoms with E-state index < -0.39 is 23.1 Å². The van der Waals surface area contributed by atoms with Crippen molar-refractivity contribution in [1.82, 2.24) is 10.2 Å². The number of halogens is 3. The number of alkyl halides is 3. The van der Waals surface area contributed by atoms with Crippen LogP contribution in [0.3, 0.4) is 0 Å². The zero-order chi connectivity index (χ0) is 21.9. The monoisotopic (exact) mass is 419 g/mol. The van der Waals surface area contributed by atoms with Crippen molar-refractivity contribution in [3.63, 3.8) is 0 Å². The van der Waals surface area contributed by atoms with Crippen LogP contribution < -0.4 is 5.32 Å². The van der Waals surface area contributed by atoms with Crippen molar-refractivity contribution in [1.29, 1.82) is 0 Å². The Kier molecular flexibility index (Phi) is 5.82. The molecule has 0 bridgehead atoms. The molecule has 0 spiro atoms. The number of aromatic nitrogens is 2. The number of nitrogens with one attached hydrogen (secondary N) is 1. The molecular weight excluding hydrogens is 399 g/mol. The third-order valence-electron chi connectivity index (χ3n) is 4.77. The molecule has 30 heavy (non-hydrogen) atoms. The minimum Gasteiger partial charge on any atom is -0.480 e. The highest BCUT2D eigenvalue weighted by Crippen LogP contribution is 2.35. The summed E-state index contributed by atoms with van der Waals surface area (Å²) in [5.41, 5.74) is -0.584. The van der Waals surface area contributed by atoms with Crippen LogP contribution in [0.5, 0.6) is 0 Å². The minimum atomic E-state index is -4.41. The number of anilines is 2. The van der Waals surface area contributed by atoms with E-state index in [0.717, 1.165) is 12.1 Å². The van der Waals surface area contributed by atoms with E-state index in [1.54, 1.807) is 24.3 Å². The van der Waals surface area contributed by atoms with Crippen molar-refractivity contribution in [3.8, 4) is 11.5 Å². The fourth-order valence-corrected chi connectivity index (χ4v) is 3.04. The number of hydrogen-bond donors (Lipinski definition) is 2. The second kappa shape index (κ2) is 8.17. The average Bonchev–Trinajstić information content (AvgIpc) is 3.19. The number of hydrogen-bond acceptors (Lipinski definition) is 5. The van der Waals surface area contributed by atoms with Gasteiger partial charge in [-0.25, -0.2) is 0 Å². The van der Waals surface area contributed by atoms with Crippen molar-refractivity contribution < 1.29 is 27.5 Å². The summed E-state index contributed by atoms with van der Waals surface area (Å²) in [6, 6.07) is 11.5. The fraction of sp³-hybridized carbons (Fsp3) is 0.286. The van der Waals surface area contributed by atoms with E-state index in [1.165, 1.54) is 19.1 Å². The van der Waals surface area contributed by atoms with Crippen molar-refractivity contribution in [2.24, 2.45) is 0 Å². The van der Waals surface area contributed by atoms with Crippen LogP contribution in [0.25, 0.3) is 11.5 Å². The van der Waals surface area contributed by atoms with Gasteiger partial charge in [0.1, 0.15) is 5.41 Å². The maximum absolute atomic E-state index is 12.8. The molecule has 158 valence electrons. The van der Waals surface area contributed by atoms with Crippen molar-refractivity contribution >= 4 is 17.3 Å². The summed E-state index contributed by atoms with van der Waals surface area (Å²) < 4.78 is 44.0. The van der Waals surface area contributed by atoms with Gasteiger partial charge in [0.25, 0.3) is 0 Å². The van der Waals surface area contributed by atoms with E-state index in [-0.39, 0.29) is 11.8 Å². The van der Waals surface area contributed by atoms with Gasteiger partial charge >= 0.3 is 12.1 Å². The average molecular weight is 419 g/mol. The van der Waals surface area contributed by atoms with Gasteiger partial charge < -0.3 is 14.8 Å². The second-order valence-corrected chi connectivity index (χ2v) is 7.05. The second-order valence-electron chi connectivity index (χ2n) is 7.05. The molecule has 0 saturated carbocycles. The number of carboxylic acid groups (broad SMARTS) is 1. The third-order valence-corrected chi connectivity index (χ3v) is 4.77. The molecule has 2 N–H and O–H groups in total. The molecule has 3 rings (SSSR count). The first-order chi connectivity index (χ1) is 14.1. The van der Waals surface area contributed by atoms with Crippen LogP contribution in [0.1, 0.15) is 38.1 Å². The summed E-state index contributed by atoms with van der Waals surface area (Å²) in [5, 5.41) is 20.6. The molecular formula is C21H20F3N3O3. The number of benzene rings is 2. The summed E-state index contributed by atoms with van der Waals surface area (Å²) in [4.78, 5) is 11.7. The highest BCUT2D eigenvalue weighted by Gasteiger charge is 2.40. The molecule has 1 unspecified atom stereocenters. The summed E-state index contributed by atoms with van der Waals surface area (Å²) in [5.74, 6) is -0.949. The lowest BCUT2D eigenvalue weighted by Crippen LogP contribution is -2.32. The summed E-state index contributed by atoms with van der Waals surface area (Å²) >= 11 is 0. The van der Waals surface area contributed by atoms with Crippen molar-refractivity contribution in [2.45, 2.75) is 38.3 Å². The minimum absolute atomic E-state index is 0.00353. The molecule has 1 atom stereocenters. The molecule has 3 aromatic rings. The Morgan fingerprint density at radius 3 is 2.37 bits per heavy atom. The topological polar surface area (TPSA) is 88.2 Å². The van der Waals surface area contributed by atoms with Crippen LogP contribution in [0.4, 0.5) is 24.5 Å². The molecule has 1 aromatic heterocycles. The Labute approximate surface area is 170 Å². The molecule has 0 saturated heterocycles. The first-order valence-electron chi connectivity index (χ1n) is 9.26. The van der Waals surface area contributed by atoms with Gasteiger partial charge in [-0.2, -0.15) is 13.2 Å². The van der Waals surface area contributed by atoms with E-state index in [0.29, 0.717) is 29.8 Å². The highest BCUT2D eigenvalue weighted by atomic mass is 19.4. The van der Waals surface area contributed by atoms with E-state index >= 15 is 0 Å². The van der Waals surface area contributed by atoms with Crippen molar-refractivity contribution in [3.05, 3.63) is 60.0 Å². The van der Waals surface area contributed by atoms with E-state index in [1.807, 2.05) is 6.92 Å². The Balaban J connectivity index is 1.91. The van der Waals surface area contributed by atoms with Gasteiger partial charge in [0, 0.05) is 5.69 Å². The lowest BCUT2D eigenvalue weighted by atomic mass is 9.86. The zero-order valence-corrected chi connectivity index (χ0v) is 16.3. The normalized spacial score (nSPS) is 13.6. The predicted molar refractivity (Wildman–Crippen MR) is 104 cm³/mol. The van der Waals surface area contributed by atoms with Gasteiger partial charge in [0.15, 0.2) is 0 Å². The SMILES string of the molecule is CCCC(C)(C(=O)O)c1nnc(-c2ccccc2Nc2ccc(C(F)(F)F)cc2)o1. The van der Waals surface area contributed by atoms with Gasteiger partial charge in [0.05, 0.1) is 16.8 Å². The van der Waals surface area contributed by atoms with Gasteiger partial charge in [-0.15, -0.1) is 10.2 Å². The molecule has 1 heterocycles. The van der Waals surface area contributed by atoms with Crippen molar-refractivity contribution in [2.75, 3.05) is 5.32 Å². The number of aliphatic carboxylic acids is 1. The van der Waals surface area contributed by atoms with Crippen LogP contribution >= 0.6 is 0 Å². The quantitative estimate of drug-likeness (QED) is 0.515. The number of nitrogens with zero attached hydrogens (tertiary/aromatic N) is 2. The molecule has 2 aromatic carbocycles. The Hall–Kier alpha value is -3.36. The Morgan fingerprint density at radius 1 is 1.10 bits per heavy atom. The zero-order valence-electron chi connectivity index (χ0n) is 16.3.